The fourth-order valence-corrected chi connectivity index (χ4v) is 2.75. The number of ketones is 2. The highest BCUT2D eigenvalue weighted by Gasteiger charge is 2.39. The standard InChI is InChI=1S/C16H20O3/c1-19-16(10-6-3-7-11-16)15(18)12-14(17)13-8-4-2-5-9-13/h2,4-5,8-9H,3,6-7,10-12H2,1H3. The van der Waals surface area contributed by atoms with Gasteiger partial charge < -0.3 is 4.74 Å². The van der Waals surface area contributed by atoms with Crippen molar-refractivity contribution in [3.8, 4) is 0 Å². The molecule has 0 unspecified atom stereocenters. The average Bonchev–Trinajstić information content (AvgIpc) is 2.48. The second kappa shape index (κ2) is 6.11. The van der Waals surface area contributed by atoms with Crippen molar-refractivity contribution in [1.82, 2.24) is 0 Å². The highest BCUT2D eigenvalue weighted by atomic mass is 16.5. The molecular weight excluding hydrogens is 240 g/mol. The Hall–Kier alpha value is -1.48. The molecule has 0 N–H and O–H groups in total. The first-order chi connectivity index (χ1) is 9.18. The Labute approximate surface area is 114 Å². The summed E-state index contributed by atoms with van der Waals surface area (Å²) in [5, 5.41) is 0. The summed E-state index contributed by atoms with van der Waals surface area (Å²) in [7, 11) is 1.58. The predicted molar refractivity (Wildman–Crippen MR) is 73.2 cm³/mol. The first-order valence-corrected chi connectivity index (χ1v) is 6.85. The van der Waals surface area contributed by atoms with Gasteiger partial charge in [-0.25, -0.2) is 0 Å². The van der Waals surface area contributed by atoms with Gasteiger partial charge in [-0.05, 0) is 12.8 Å². The highest BCUT2D eigenvalue weighted by Crippen LogP contribution is 2.33. The summed E-state index contributed by atoms with van der Waals surface area (Å²) in [5.41, 5.74) is -0.124. The van der Waals surface area contributed by atoms with Gasteiger partial charge in [0.2, 0.25) is 0 Å². The number of ether oxygens (including phenoxy) is 1. The van der Waals surface area contributed by atoms with Gasteiger partial charge in [0.25, 0.3) is 0 Å². The van der Waals surface area contributed by atoms with Gasteiger partial charge in [0.1, 0.15) is 5.60 Å². The molecule has 0 spiro atoms. The topological polar surface area (TPSA) is 43.4 Å². The summed E-state index contributed by atoms with van der Waals surface area (Å²) in [5.74, 6) is -0.184. The van der Waals surface area contributed by atoms with E-state index in [1.165, 1.54) is 0 Å². The minimum atomic E-state index is -0.720. The second-order valence-electron chi connectivity index (χ2n) is 5.15. The number of hydrogen-bond acceptors (Lipinski definition) is 3. The van der Waals surface area contributed by atoms with E-state index >= 15 is 0 Å². The van der Waals surface area contributed by atoms with Gasteiger partial charge in [0.15, 0.2) is 11.6 Å². The molecule has 0 bridgehead atoms. The summed E-state index contributed by atoms with van der Waals surface area (Å²) in [6, 6.07) is 8.97. The maximum Gasteiger partial charge on any atom is 0.172 e. The van der Waals surface area contributed by atoms with Gasteiger partial charge in [-0.3, -0.25) is 9.59 Å². The van der Waals surface area contributed by atoms with Gasteiger partial charge >= 0.3 is 0 Å². The molecule has 19 heavy (non-hydrogen) atoms. The fourth-order valence-electron chi connectivity index (χ4n) is 2.75. The van der Waals surface area contributed by atoms with Crippen LogP contribution in [0, 0.1) is 0 Å². The minimum absolute atomic E-state index is 0.0577. The van der Waals surface area contributed by atoms with E-state index < -0.39 is 5.60 Å². The molecule has 1 aliphatic carbocycles. The number of carbonyl (C=O) groups is 2. The van der Waals surface area contributed by atoms with Crippen molar-refractivity contribution >= 4 is 11.6 Å². The van der Waals surface area contributed by atoms with Crippen LogP contribution in [-0.4, -0.2) is 24.3 Å². The van der Waals surface area contributed by atoms with Gasteiger partial charge in [-0.1, -0.05) is 49.6 Å². The third kappa shape index (κ3) is 3.10. The van der Waals surface area contributed by atoms with Crippen LogP contribution in [0.4, 0.5) is 0 Å². The molecule has 1 aromatic rings. The van der Waals surface area contributed by atoms with Crippen molar-refractivity contribution in [1.29, 1.82) is 0 Å². The molecule has 3 heteroatoms. The van der Waals surface area contributed by atoms with Crippen molar-refractivity contribution in [3.05, 3.63) is 35.9 Å². The summed E-state index contributed by atoms with van der Waals surface area (Å²) < 4.78 is 5.48. The molecular formula is C16H20O3. The largest absolute Gasteiger partial charge is 0.370 e. The molecule has 0 saturated heterocycles. The van der Waals surface area contributed by atoms with Crippen LogP contribution >= 0.6 is 0 Å². The van der Waals surface area contributed by atoms with E-state index in [1.807, 2.05) is 18.2 Å². The molecule has 1 aliphatic rings. The molecule has 1 aromatic carbocycles. The van der Waals surface area contributed by atoms with E-state index in [4.69, 9.17) is 4.74 Å². The molecule has 2 rings (SSSR count). The summed E-state index contributed by atoms with van der Waals surface area (Å²) in [6.45, 7) is 0. The van der Waals surface area contributed by atoms with Crippen LogP contribution in [0.25, 0.3) is 0 Å². The minimum Gasteiger partial charge on any atom is -0.370 e. The monoisotopic (exact) mass is 260 g/mol. The number of hydrogen-bond donors (Lipinski definition) is 0. The Morgan fingerprint density at radius 3 is 2.32 bits per heavy atom. The van der Waals surface area contributed by atoms with E-state index in [-0.39, 0.29) is 18.0 Å². The molecule has 1 fully saturated rings. The SMILES string of the molecule is COC1(C(=O)CC(=O)c2ccccc2)CCCCC1. The zero-order valence-electron chi connectivity index (χ0n) is 11.4. The van der Waals surface area contributed by atoms with Crippen LogP contribution in [0.5, 0.6) is 0 Å². The molecule has 0 aliphatic heterocycles. The number of methoxy groups -OCH3 is 1. The van der Waals surface area contributed by atoms with Gasteiger partial charge in [-0.2, -0.15) is 0 Å². The summed E-state index contributed by atoms with van der Waals surface area (Å²) >= 11 is 0. The van der Waals surface area contributed by atoms with Crippen LogP contribution in [0.2, 0.25) is 0 Å². The van der Waals surface area contributed by atoms with Crippen LogP contribution in [0.15, 0.2) is 30.3 Å². The van der Waals surface area contributed by atoms with Crippen molar-refractivity contribution < 1.29 is 14.3 Å². The number of benzene rings is 1. The van der Waals surface area contributed by atoms with Crippen molar-refractivity contribution in [2.24, 2.45) is 0 Å². The van der Waals surface area contributed by atoms with E-state index in [1.54, 1.807) is 19.2 Å². The smallest absolute Gasteiger partial charge is 0.172 e. The van der Waals surface area contributed by atoms with Crippen molar-refractivity contribution in [2.45, 2.75) is 44.1 Å². The van der Waals surface area contributed by atoms with E-state index in [2.05, 4.69) is 0 Å². The van der Waals surface area contributed by atoms with E-state index in [0.717, 1.165) is 32.1 Å². The van der Waals surface area contributed by atoms with Crippen molar-refractivity contribution in [2.75, 3.05) is 7.11 Å². The summed E-state index contributed by atoms with van der Waals surface area (Å²) in [4.78, 5) is 24.5. The first kappa shape index (κ1) is 13.9. The van der Waals surface area contributed by atoms with Crippen LogP contribution in [-0.2, 0) is 9.53 Å². The van der Waals surface area contributed by atoms with E-state index in [9.17, 15) is 9.59 Å². The van der Waals surface area contributed by atoms with Crippen LogP contribution < -0.4 is 0 Å². The van der Waals surface area contributed by atoms with Crippen molar-refractivity contribution in [3.63, 3.8) is 0 Å². The lowest BCUT2D eigenvalue weighted by atomic mass is 9.79. The first-order valence-electron chi connectivity index (χ1n) is 6.85. The predicted octanol–water partition coefficient (Wildman–Crippen LogP) is 3.18. The average molecular weight is 260 g/mol. The number of Topliss-reactive ketones (excluding diaryl/α,β-unsaturated/α-hetero) is 2. The molecule has 3 nitrogen and oxygen atoms in total. The highest BCUT2D eigenvalue weighted by molar-refractivity contribution is 6.10. The zero-order valence-corrected chi connectivity index (χ0v) is 11.4. The zero-order chi connectivity index (χ0) is 13.7. The summed E-state index contributed by atoms with van der Waals surface area (Å²) in [6.07, 6.45) is 4.57. The Bertz CT molecular complexity index is 444. The number of carbonyl (C=O) groups excluding carboxylic acids is 2. The molecule has 0 aromatic heterocycles. The quantitative estimate of drug-likeness (QED) is 0.603. The maximum absolute atomic E-state index is 12.4. The third-order valence-electron chi connectivity index (χ3n) is 3.98. The molecule has 0 radical (unpaired) electrons. The van der Waals surface area contributed by atoms with Gasteiger partial charge in [-0.15, -0.1) is 0 Å². The van der Waals surface area contributed by atoms with Crippen LogP contribution in [0.3, 0.4) is 0 Å². The molecule has 0 atom stereocenters. The normalized spacial score (nSPS) is 17.9. The Balaban J connectivity index is 2.05. The third-order valence-corrected chi connectivity index (χ3v) is 3.98. The molecule has 1 saturated carbocycles. The molecule has 102 valence electrons. The van der Waals surface area contributed by atoms with Crippen LogP contribution in [0.1, 0.15) is 48.9 Å². The fraction of sp³-hybridized carbons (Fsp3) is 0.500. The lowest BCUT2D eigenvalue weighted by molar-refractivity contribution is -0.144. The number of rotatable bonds is 5. The van der Waals surface area contributed by atoms with Gasteiger partial charge in [0.05, 0.1) is 6.42 Å². The second-order valence-corrected chi connectivity index (χ2v) is 5.15. The lowest BCUT2D eigenvalue weighted by Gasteiger charge is -2.34. The van der Waals surface area contributed by atoms with E-state index in [0.29, 0.717) is 5.56 Å². The lowest BCUT2D eigenvalue weighted by Crippen LogP contribution is -2.43. The Kier molecular flexibility index (Phi) is 4.48. The maximum atomic E-state index is 12.4. The van der Waals surface area contributed by atoms with Gasteiger partial charge in [0, 0.05) is 12.7 Å². The molecule has 0 amide bonds. The Morgan fingerprint density at radius 1 is 1.11 bits per heavy atom. The Morgan fingerprint density at radius 2 is 1.74 bits per heavy atom. The molecule has 0 heterocycles.